The summed E-state index contributed by atoms with van der Waals surface area (Å²) < 4.78 is 40.4. The van der Waals surface area contributed by atoms with E-state index < -0.39 is 34.4 Å². The zero-order chi connectivity index (χ0) is 15.7. The first kappa shape index (κ1) is 15.4. The van der Waals surface area contributed by atoms with Crippen molar-refractivity contribution in [2.45, 2.75) is 19.8 Å². The van der Waals surface area contributed by atoms with Crippen molar-refractivity contribution in [2.24, 2.45) is 0 Å². The molecule has 1 N–H and O–H groups in total. The second-order valence-corrected chi connectivity index (χ2v) is 4.69. The normalized spacial score (nSPS) is 10.9. The van der Waals surface area contributed by atoms with Gasteiger partial charge in [0.2, 0.25) is 0 Å². The topological polar surface area (TPSA) is 54.9 Å². The molecule has 0 radical (unpaired) electrons. The van der Waals surface area contributed by atoms with Crippen LogP contribution in [0.5, 0.6) is 0 Å². The molecule has 0 unspecified atom stereocenters. The standard InChI is InChI=1S/C13H10ClF3N2O2/c1-2-3-6-11(14)18-13(21)19(12(6)20)8-5-4-7(15)9(16)10(8)17/h4-5H,2-3H2,1H3,(H,18,21). The van der Waals surface area contributed by atoms with Gasteiger partial charge in [-0.2, -0.15) is 0 Å². The molecule has 1 aromatic carbocycles. The molecule has 8 heteroatoms. The summed E-state index contributed by atoms with van der Waals surface area (Å²) >= 11 is 5.77. The number of nitrogens with one attached hydrogen (secondary N) is 1. The lowest BCUT2D eigenvalue weighted by atomic mass is 10.2. The Bertz CT molecular complexity index is 814. The Morgan fingerprint density at radius 1 is 1.19 bits per heavy atom. The van der Waals surface area contributed by atoms with Gasteiger partial charge in [0.05, 0.1) is 11.3 Å². The minimum atomic E-state index is -1.76. The van der Waals surface area contributed by atoms with Crippen LogP contribution in [0.2, 0.25) is 5.15 Å². The van der Waals surface area contributed by atoms with Crippen molar-refractivity contribution >= 4 is 11.6 Å². The molecule has 0 saturated carbocycles. The first-order chi connectivity index (χ1) is 9.88. The maximum absolute atomic E-state index is 13.8. The molecule has 112 valence electrons. The van der Waals surface area contributed by atoms with E-state index in [1.807, 2.05) is 0 Å². The first-order valence-electron chi connectivity index (χ1n) is 6.06. The third-order valence-electron chi connectivity index (χ3n) is 2.90. The van der Waals surface area contributed by atoms with E-state index in [1.54, 1.807) is 6.92 Å². The van der Waals surface area contributed by atoms with Crippen LogP contribution in [-0.2, 0) is 6.42 Å². The Labute approximate surface area is 121 Å². The Kier molecular flexibility index (Phi) is 4.22. The van der Waals surface area contributed by atoms with Crippen molar-refractivity contribution in [3.63, 3.8) is 0 Å². The highest BCUT2D eigenvalue weighted by Crippen LogP contribution is 2.17. The quantitative estimate of drug-likeness (QED) is 0.698. The van der Waals surface area contributed by atoms with Gasteiger partial charge >= 0.3 is 5.69 Å². The van der Waals surface area contributed by atoms with Crippen LogP contribution in [0.3, 0.4) is 0 Å². The van der Waals surface area contributed by atoms with Crippen LogP contribution >= 0.6 is 11.6 Å². The molecule has 0 aliphatic heterocycles. The molecule has 4 nitrogen and oxygen atoms in total. The molecule has 0 bridgehead atoms. The minimum Gasteiger partial charge on any atom is -0.297 e. The van der Waals surface area contributed by atoms with Crippen molar-refractivity contribution in [2.75, 3.05) is 0 Å². The summed E-state index contributed by atoms with van der Waals surface area (Å²) in [6, 6.07) is 1.45. The van der Waals surface area contributed by atoms with E-state index in [0.29, 0.717) is 17.1 Å². The van der Waals surface area contributed by atoms with Gasteiger partial charge in [-0.25, -0.2) is 22.5 Å². The summed E-state index contributed by atoms with van der Waals surface area (Å²) in [6.45, 7) is 1.78. The van der Waals surface area contributed by atoms with Crippen LogP contribution < -0.4 is 11.2 Å². The van der Waals surface area contributed by atoms with Gasteiger partial charge in [0.15, 0.2) is 17.5 Å². The molecule has 0 atom stereocenters. The van der Waals surface area contributed by atoms with Crippen molar-refractivity contribution in [1.82, 2.24) is 9.55 Å². The van der Waals surface area contributed by atoms with Crippen LogP contribution in [0.25, 0.3) is 5.69 Å². The summed E-state index contributed by atoms with van der Waals surface area (Å²) in [5.41, 5.74) is -2.50. The highest BCUT2D eigenvalue weighted by atomic mass is 35.5. The van der Waals surface area contributed by atoms with Crippen molar-refractivity contribution in [1.29, 1.82) is 0 Å². The summed E-state index contributed by atoms with van der Waals surface area (Å²) in [5, 5.41) is -0.147. The van der Waals surface area contributed by atoms with Gasteiger partial charge in [-0.1, -0.05) is 24.9 Å². The van der Waals surface area contributed by atoms with E-state index in [2.05, 4.69) is 4.98 Å². The van der Waals surface area contributed by atoms with E-state index in [9.17, 15) is 22.8 Å². The average Bonchev–Trinajstić information content (AvgIpc) is 2.43. The second kappa shape index (κ2) is 5.77. The molecule has 0 aliphatic carbocycles. The first-order valence-corrected chi connectivity index (χ1v) is 6.43. The highest BCUT2D eigenvalue weighted by Gasteiger charge is 2.20. The summed E-state index contributed by atoms with van der Waals surface area (Å²) in [5.74, 6) is -4.79. The number of benzene rings is 1. The highest BCUT2D eigenvalue weighted by molar-refractivity contribution is 6.30. The Morgan fingerprint density at radius 3 is 2.48 bits per heavy atom. The van der Waals surface area contributed by atoms with Gasteiger partial charge < -0.3 is 0 Å². The van der Waals surface area contributed by atoms with Crippen LogP contribution in [0.15, 0.2) is 21.7 Å². The summed E-state index contributed by atoms with van der Waals surface area (Å²) in [4.78, 5) is 26.2. The fourth-order valence-corrected chi connectivity index (χ4v) is 2.18. The molecule has 1 heterocycles. The molecule has 0 spiro atoms. The Hall–Kier alpha value is -2.02. The largest absolute Gasteiger partial charge is 0.334 e. The van der Waals surface area contributed by atoms with E-state index in [-0.39, 0.29) is 17.1 Å². The zero-order valence-electron chi connectivity index (χ0n) is 10.8. The molecule has 0 saturated heterocycles. The minimum absolute atomic E-state index is 0.0721. The average molecular weight is 319 g/mol. The SMILES string of the molecule is CCCc1c(Cl)[nH]c(=O)n(-c2ccc(F)c(F)c2F)c1=O. The number of halogens is 4. The van der Waals surface area contributed by atoms with Gasteiger partial charge in [-0.05, 0) is 18.6 Å². The van der Waals surface area contributed by atoms with Crippen LogP contribution in [0.1, 0.15) is 18.9 Å². The van der Waals surface area contributed by atoms with E-state index in [4.69, 9.17) is 11.6 Å². The lowest BCUT2D eigenvalue weighted by Crippen LogP contribution is -2.36. The fraction of sp³-hybridized carbons (Fsp3) is 0.231. The number of nitrogens with zero attached hydrogens (tertiary/aromatic N) is 1. The maximum atomic E-state index is 13.8. The lowest BCUT2D eigenvalue weighted by molar-refractivity contribution is 0.443. The molecule has 0 aliphatic rings. The van der Waals surface area contributed by atoms with E-state index in [1.165, 1.54) is 0 Å². The predicted molar refractivity (Wildman–Crippen MR) is 71.5 cm³/mol. The predicted octanol–water partition coefficient (Wildman–Crippen LogP) is 2.55. The number of aromatic nitrogens is 2. The molecular weight excluding hydrogens is 309 g/mol. The van der Waals surface area contributed by atoms with E-state index in [0.717, 1.165) is 6.07 Å². The fourth-order valence-electron chi connectivity index (χ4n) is 1.92. The van der Waals surface area contributed by atoms with Crippen LogP contribution in [0.4, 0.5) is 13.2 Å². The lowest BCUT2D eigenvalue weighted by Gasteiger charge is -2.10. The number of rotatable bonds is 3. The molecular formula is C13H10ClF3N2O2. The van der Waals surface area contributed by atoms with Crippen LogP contribution in [0, 0.1) is 17.5 Å². The van der Waals surface area contributed by atoms with Gasteiger partial charge in [0.1, 0.15) is 5.15 Å². The third-order valence-corrected chi connectivity index (χ3v) is 3.22. The van der Waals surface area contributed by atoms with E-state index >= 15 is 0 Å². The van der Waals surface area contributed by atoms with Gasteiger partial charge in [-0.3, -0.25) is 9.78 Å². The van der Waals surface area contributed by atoms with Crippen LogP contribution in [-0.4, -0.2) is 9.55 Å². The molecule has 1 aromatic heterocycles. The molecule has 0 fully saturated rings. The Balaban J connectivity index is 2.82. The number of aromatic amines is 1. The van der Waals surface area contributed by atoms with Gasteiger partial charge in [0.25, 0.3) is 5.56 Å². The van der Waals surface area contributed by atoms with Gasteiger partial charge in [-0.15, -0.1) is 0 Å². The van der Waals surface area contributed by atoms with Gasteiger partial charge in [0, 0.05) is 0 Å². The number of H-pyrrole nitrogens is 1. The molecule has 2 rings (SSSR count). The monoisotopic (exact) mass is 318 g/mol. The molecule has 21 heavy (non-hydrogen) atoms. The van der Waals surface area contributed by atoms with Crippen molar-refractivity contribution in [3.8, 4) is 5.69 Å². The second-order valence-electron chi connectivity index (χ2n) is 4.31. The molecule has 2 aromatic rings. The molecule has 0 amide bonds. The van der Waals surface area contributed by atoms with Crippen molar-refractivity contribution < 1.29 is 13.2 Å². The summed E-state index contributed by atoms with van der Waals surface area (Å²) in [6.07, 6.45) is 0.807. The van der Waals surface area contributed by atoms with Crippen molar-refractivity contribution in [3.05, 3.63) is 61.1 Å². The number of hydrogen-bond acceptors (Lipinski definition) is 2. The number of hydrogen-bond donors (Lipinski definition) is 1. The smallest absolute Gasteiger partial charge is 0.297 e. The maximum Gasteiger partial charge on any atom is 0.334 e. The third kappa shape index (κ3) is 2.61. The Morgan fingerprint density at radius 2 is 1.86 bits per heavy atom. The zero-order valence-corrected chi connectivity index (χ0v) is 11.6. The summed E-state index contributed by atoms with van der Waals surface area (Å²) in [7, 11) is 0.